The second-order valence-corrected chi connectivity index (χ2v) is 8.29. The Kier molecular flexibility index (Phi) is 8.28. The van der Waals surface area contributed by atoms with Crippen molar-refractivity contribution in [2.45, 2.75) is 11.8 Å². The molecule has 170 valence electrons. The number of hydrogen-bond acceptors (Lipinski definition) is 5. The predicted octanol–water partition coefficient (Wildman–Crippen LogP) is 4.83. The van der Waals surface area contributed by atoms with Crippen LogP contribution in [0.5, 0.6) is 0 Å². The molecule has 3 aromatic rings. The number of piperazine rings is 1. The summed E-state index contributed by atoms with van der Waals surface area (Å²) in [4.78, 5) is 9.92. The molecule has 0 N–H and O–H groups in total. The summed E-state index contributed by atoms with van der Waals surface area (Å²) >= 11 is 1.65. The molecule has 0 atom stereocenters. The number of nitrogens with zero attached hydrogens (tertiary/aromatic N) is 5. The molecule has 0 bridgehead atoms. The van der Waals surface area contributed by atoms with Gasteiger partial charge in [0.2, 0.25) is 0 Å². The number of rotatable bonds is 6. The lowest BCUT2D eigenvalue weighted by molar-refractivity contribution is 0.284. The van der Waals surface area contributed by atoms with Crippen LogP contribution in [-0.2, 0) is 0 Å². The Morgan fingerprint density at radius 3 is 2.50 bits per heavy atom. The highest BCUT2D eigenvalue weighted by Gasteiger charge is 2.17. The van der Waals surface area contributed by atoms with Crippen molar-refractivity contribution in [2.75, 3.05) is 43.9 Å². The summed E-state index contributed by atoms with van der Waals surface area (Å²) in [5.74, 6) is -0.227. The van der Waals surface area contributed by atoms with Crippen LogP contribution in [0.15, 0.2) is 53.7 Å². The van der Waals surface area contributed by atoms with E-state index >= 15 is 0 Å². The number of anilines is 1. The average Bonchev–Trinajstić information content (AvgIpc) is 3.13. The van der Waals surface area contributed by atoms with Gasteiger partial charge in [-0.15, -0.1) is 24.2 Å². The minimum absolute atomic E-state index is 0. The zero-order valence-corrected chi connectivity index (χ0v) is 19.7. The fourth-order valence-corrected chi connectivity index (χ4v) is 4.28. The van der Waals surface area contributed by atoms with Crippen molar-refractivity contribution in [1.29, 1.82) is 0 Å². The van der Waals surface area contributed by atoms with Gasteiger partial charge < -0.3 is 4.90 Å². The molecular weight excluding hydrogens is 452 g/mol. The second kappa shape index (κ2) is 10.9. The van der Waals surface area contributed by atoms with Crippen LogP contribution in [0, 0.1) is 18.6 Å². The van der Waals surface area contributed by atoms with Crippen LogP contribution in [0.25, 0.3) is 11.9 Å². The summed E-state index contributed by atoms with van der Waals surface area (Å²) in [5, 5.41) is 4.53. The molecule has 0 spiro atoms. The third-order valence-corrected chi connectivity index (χ3v) is 6.22. The monoisotopic (exact) mass is 477 g/mol. The number of halogens is 3. The minimum atomic E-state index is -0.536. The van der Waals surface area contributed by atoms with E-state index in [0.29, 0.717) is 5.69 Å². The van der Waals surface area contributed by atoms with Crippen LogP contribution < -0.4 is 4.90 Å². The number of pyridine rings is 1. The van der Waals surface area contributed by atoms with Gasteiger partial charge >= 0.3 is 0 Å². The third-order valence-electron chi connectivity index (χ3n) is 5.46. The molecule has 1 aromatic carbocycles. The van der Waals surface area contributed by atoms with Gasteiger partial charge in [0.25, 0.3) is 0 Å². The van der Waals surface area contributed by atoms with Crippen LogP contribution in [0.4, 0.5) is 14.5 Å². The fraction of sp³-hybridized carbons (Fsp3) is 0.304. The molecule has 32 heavy (non-hydrogen) atoms. The lowest BCUT2D eigenvalue weighted by Crippen LogP contribution is -2.46. The molecular formula is C23H26ClF2N5S. The van der Waals surface area contributed by atoms with Gasteiger partial charge in [0.1, 0.15) is 11.6 Å². The van der Waals surface area contributed by atoms with E-state index < -0.39 is 11.6 Å². The second-order valence-electron chi connectivity index (χ2n) is 7.44. The van der Waals surface area contributed by atoms with Crippen molar-refractivity contribution < 1.29 is 8.78 Å². The van der Waals surface area contributed by atoms with Gasteiger partial charge in [-0.2, -0.15) is 5.10 Å². The maximum Gasteiger partial charge on any atom is 0.167 e. The van der Waals surface area contributed by atoms with Crippen LogP contribution in [-0.4, -0.2) is 58.6 Å². The fourth-order valence-electron chi connectivity index (χ4n) is 3.74. The standard InChI is InChI=1S/C23H25F2N5S.ClH/c1-17-18(16-27-30(17)23-22(31-2)6-3-7-26-23)5-4-8-28-9-11-29(12-10-28)21-14-19(24)13-20(25)15-21;/h3-7,13-16H,8-12H2,1-2H3;1H/b5-4+;. The molecule has 2 aromatic heterocycles. The zero-order chi connectivity index (χ0) is 21.8. The van der Waals surface area contributed by atoms with E-state index in [4.69, 9.17) is 0 Å². The first-order valence-corrected chi connectivity index (χ1v) is 11.4. The van der Waals surface area contributed by atoms with Crippen LogP contribution in [0.3, 0.4) is 0 Å². The summed E-state index contributed by atoms with van der Waals surface area (Å²) in [6, 6.07) is 7.66. The lowest BCUT2D eigenvalue weighted by atomic mass is 10.2. The highest BCUT2D eigenvalue weighted by Crippen LogP contribution is 2.24. The summed E-state index contributed by atoms with van der Waals surface area (Å²) in [5.41, 5.74) is 2.71. The smallest absolute Gasteiger partial charge is 0.167 e. The molecule has 1 saturated heterocycles. The molecule has 3 heterocycles. The SMILES string of the molecule is CSc1cccnc1-n1ncc(/C=C/CN2CCN(c3cc(F)cc(F)c3)CC2)c1C.Cl. The van der Waals surface area contributed by atoms with Gasteiger partial charge in [0.05, 0.1) is 16.8 Å². The van der Waals surface area contributed by atoms with Crippen LogP contribution in [0.2, 0.25) is 0 Å². The highest BCUT2D eigenvalue weighted by molar-refractivity contribution is 7.98. The molecule has 1 fully saturated rings. The maximum atomic E-state index is 13.5. The topological polar surface area (TPSA) is 37.2 Å². The van der Waals surface area contributed by atoms with E-state index in [1.165, 1.54) is 12.1 Å². The van der Waals surface area contributed by atoms with Crippen LogP contribution in [0.1, 0.15) is 11.3 Å². The Balaban J connectivity index is 0.00000289. The van der Waals surface area contributed by atoms with Gasteiger partial charge in [0, 0.05) is 56.2 Å². The first-order chi connectivity index (χ1) is 15.0. The molecule has 4 rings (SSSR count). The average molecular weight is 478 g/mol. The van der Waals surface area contributed by atoms with Crippen molar-refractivity contribution in [1.82, 2.24) is 19.7 Å². The van der Waals surface area contributed by atoms with E-state index in [2.05, 4.69) is 27.1 Å². The van der Waals surface area contributed by atoms with Crippen LogP contribution >= 0.6 is 24.2 Å². The number of hydrogen-bond donors (Lipinski definition) is 0. The third kappa shape index (κ3) is 5.49. The first kappa shape index (κ1) is 24.2. The van der Waals surface area contributed by atoms with Crippen molar-refractivity contribution in [3.05, 3.63) is 71.7 Å². The minimum Gasteiger partial charge on any atom is -0.369 e. The summed E-state index contributed by atoms with van der Waals surface area (Å²) in [6.07, 6.45) is 9.91. The van der Waals surface area contributed by atoms with E-state index in [1.807, 2.05) is 41.1 Å². The number of thioether (sulfide) groups is 1. The molecule has 1 aliphatic rings. The quantitative estimate of drug-likeness (QED) is 0.475. The Hall–Kier alpha value is -2.42. The van der Waals surface area contributed by atoms with E-state index in [0.717, 1.165) is 60.8 Å². The van der Waals surface area contributed by atoms with E-state index in [-0.39, 0.29) is 12.4 Å². The van der Waals surface area contributed by atoms with E-state index in [1.54, 1.807) is 18.0 Å². The number of aromatic nitrogens is 3. The predicted molar refractivity (Wildman–Crippen MR) is 129 cm³/mol. The lowest BCUT2D eigenvalue weighted by Gasteiger charge is -2.35. The Morgan fingerprint density at radius 1 is 1.09 bits per heavy atom. The van der Waals surface area contributed by atoms with Crippen molar-refractivity contribution in [2.24, 2.45) is 0 Å². The van der Waals surface area contributed by atoms with Gasteiger partial charge in [-0.05, 0) is 37.4 Å². The van der Waals surface area contributed by atoms with Crippen molar-refractivity contribution in [3.8, 4) is 5.82 Å². The molecule has 0 saturated carbocycles. The van der Waals surface area contributed by atoms with Gasteiger partial charge in [-0.1, -0.05) is 12.2 Å². The maximum absolute atomic E-state index is 13.5. The molecule has 1 aliphatic heterocycles. The van der Waals surface area contributed by atoms with Crippen molar-refractivity contribution >= 4 is 35.9 Å². The molecule has 0 unspecified atom stereocenters. The Bertz CT molecular complexity index is 1060. The summed E-state index contributed by atoms with van der Waals surface area (Å²) < 4.78 is 28.8. The van der Waals surface area contributed by atoms with Crippen molar-refractivity contribution in [3.63, 3.8) is 0 Å². The summed E-state index contributed by atoms with van der Waals surface area (Å²) in [6.45, 7) is 6.02. The molecule has 5 nitrogen and oxygen atoms in total. The zero-order valence-electron chi connectivity index (χ0n) is 18.0. The molecule has 9 heteroatoms. The largest absolute Gasteiger partial charge is 0.369 e. The normalized spacial score (nSPS) is 14.7. The molecule has 0 amide bonds. The number of benzene rings is 1. The Morgan fingerprint density at radius 2 is 1.81 bits per heavy atom. The van der Waals surface area contributed by atoms with Gasteiger partial charge in [0.15, 0.2) is 5.82 Å². The first-order valence-electron chi connectivity index (χ1n) is 10.2. The van der Waals surface area contributed by atoms with Gasteiger partial charge in [-0.3, -0.25) is 4.90 Å². The Labute approximate surface area is 197 Å². The van der Waals surface area contributed by atoms with Gasteiger partial charge in [-0.25, -0.2) is 18.4 Å². The molecule has 0 aliphatic carbocycles. The summed E-state index contributed by atoms with van der Waals surface area (Å²) in [7, 11) is 0. The highest BCUT2D eigenvalue weighted by atomic mass is 35.5. The van der Waals surface area contributed by atoms with E-state index in [9.17, 15) is 8.78 Å². The molecule has 0 radical (unpaired) electrons.